The van der Waals surface area contributed by atoms with Gasteiger partial charge in [0.25, 0.3) is 5.91 Å². The lowest BCUT2D eigenvalue weighted by molar-refractivity contribution is 0.0905. The van der Waals surface area contributed by atoms with Crippen LogP contribution in [0.4, 0.5) is 0 Å². The highest BCUT2D eigenvalue weighted by Crippen LogP contribution is 2.25. The van der Waals surface area contributed by atoms with Gasteiger partial charge < -0.3 is 14.8 Å². The predicted molar refractivity (Wildman–Crippen MR) is 64.4 cm³/mol. The summed E-state index contributed by atoms with van der Waals surface area (Å²) in [5.74, 6) is 0.829. The standard InChI is InChI=1S/C13H17NO3/c1-9(8-16-2)14-13(15)11-3-4-12-10(7-11)5-6-17-12/h3-4,7,9H,5-6,8H2,1-2H3,(H,14,15). The maximum absolute atomic E-state index is 11.9. The molecule has 0 radical (unpaired) electrons. The SMILES string of the molecule is COCC(C)NC(=O)c1ccc2c(c1)CCO2. The van der Waals surface area contributed by atoms with E-state index in [0.717, 1.165) is 17.7 Å². The van der Waals surface area contributed by atoms with Gasteiger partial charge >= 0.3 is 0 Å². The summed E-state index contributed by atoms with van der Waals surface area (Å²) in [5, 5.41) is 2.88. The molecule has 1 aliphatic rings. The van der Waals surface area contributed by atoms with Crippen LogP contribution in [0.2, 0.25) is 0 Å². The van der Waals surface area contributed by atoms with Crippen LogP contribution in [0.5, 0.6) is 5.75 Å². The molecule has 0 saturated heterocycles. The molecule has 92 valence electrons. The fourth-order valence-electron chi connectivity index (χ4n) is 1.93. The van der Waals surface area contributed by atoms with Crippen molar-refractivity contribution < 1.29 is 14.3 Å². The first-order chi connectivity index (χ1) is 8.20. The van der Waals surface area contributed by atoms with Gasteiger partial charge in [-0.15, -0.1) is 0 Å². The minimum absolute atomic E-state index is 0.0111. The molecule has 0 aromatic heterocycles. The van der Waals surface area contributed by atoms with E-state index in [1.807, 2.05) is 19.1 Å². The van der Waals surface area contributed by atoms with Gasteiger partial charge in [0.2, 0.25) is 0 Å². The van der Waals surface area contributed by atoms with E-state index < -0.39 is 0 Å². The van der Waals surface area contributed by atoms with E-state index in [2.05, 4.69) is 5.32 Å². The van der Waals surface area contributed by atoms with Gasteiger partial charge in [-0.3, -0.25) is 4.79 Å². The number of ether oxygens (including phenoxy) is 2. The molecule has 0 saturated carbocycles. The molecule has 1 aliphatic heterocycles. The number of nitrogens with one attached hydrogen (secondary N) is 1. The zero-order valence-corrected chi connectivity index (χ0v) is 10.2. The van der Waals surface area contributed by atoms with Crippen LogP contribution in [-0.2, 0) is 11.2 Å². The van der Waals surface area contributed by atoms with E-state index >= 15 is 0 Å². The minimum Gasteiger partial charge on any atom is -0.493 e. The molecule has 1 heterocycles. The maximum Gasteiger partial charge on any atom is 0.251 e. The third-order valence-electron chi connectivity index (χ3n) is 2.75. The summed E-state index contributed by atoms with van der Waals surface area (Å²) >= 11 is 0. The van der Waals surface area contributed by atoms with Gasteiger partial charge in [-0.25, -0.2) is 0 Å². The van der Waals surface area contributed by atoms with E-state index in [0.29, 0.717) is 18.8 Å². The number of hydrogen-bond acceptors (Lipinski definition) is 3. The van der Waals surface area contributed by atoms with Crippen molar-refractivity contribution in [2.45, 2.75) is 19.4 Å². The predicted octanol–water partition coefficient (Wildman–Crippen LogP) is 1.39. The zero-order valence-electron chi connectivity index (χ0n) is 10.2. The van der Waals surface area contributed by atoms with Crippen molar-refractivity contribution >= 4 is 5.91 Å². The highest BCUT2D eigenvalue weighted by molar-refractivity contribution is 5.94. The van der Waals surface area contributed by atoms with Crippen LogP contribution in [0.15, 0.2) is 18.2 Å². The number of fused-ring (bicyclic) bond motifs is 1. The third kappa shape index (κ3) is 2.77. The Bertz CT molecular complexity index is 417. The molecule has 0 bridgehead atoms. The molecule has 1 unspecified atom stereocenters. The Morgan fingerprint density at radius 1 is 1.59 bits per heavy atom. The summed E-state index contributed by atoms with van der Waals surface area (Å²) in [6, 6.07) is 5.56. The Hall–Kier alpha value is -1.55. The first kappa shape index (κ1) is 11.9. The van der Waals surface area contributed by atoms with Gasteiger partial charge in [0.05, 0.1) is 13.2 Å². The lowest BCUT2D eigenvalue weighted by atomic mass is 10.1. The topological polar surface area (TPSA) is 47.6 Å². The van der Waals surface area contributed by atoms with Gasteiger partial charge in [-0.05, 0) is 30.7 Å². The zero-order chi connectivity index (χ0) is 12.3. The van der Waals surface area contributed by atoms with Crippen LogP contribution in [0.3, 0.4) is 0 Å². The summed E-state index contributed by atoms with van der Waals surface area (Å²) < 4.78 is 10.4. The number of carbonyl (C=O) groups is 1. The average Bonchev–Trinajstić information content (AvgIpc) is 2.75. The molecule has 1 amide bonds. The lowest BCUT2D eigenvalue weighted by Crippen LogP contribution is -2.35. The van der Waals surface area contributed by atoms with Crippen LogP contribution < -0.4 is 10.1 Å². The largest absolute Gasteiger partial charge is 0.493 e. The first-order valence-electron chi connectivity index (χ1n) is 5.76. The molecule has 17 heavy (non-hydrogen) atoms. The third-order valence-corrected chi connectivity index (χ3v) is 2.75. The molecule has 1 aromatic rings. The average molecular weight is 235 g/mol. The van der Waals surface area contributed by atoms with Crippen LogP contribution in [-0.4, -0.2) is 32.3 Å². The Morgan fingerprint density at radius 2 is 2.41 bits per heavy atom. The molecule has 0 aliphatic carbocycles. The first-order valence-corrected chi connectivity index (χ1v) is 5.76. The molecule has 0 fully saturated rings. The second kappa shape index (κ2) is 5.19. The van der Waals surface area contributed by atoms with Crippen LogP contribution in [0.25, 0.3) is 0 Å². The van der Waals surface area contributed by atoms with Crippen LogP contribution in [0.1, 0.15) is 22.8 Å². The van der Waals surface area contributed by atoms with E-state index in [-0.39, 0.29) is 11.9 Å². The van der Waals surface area contributed by atoms with E-state index in [1.165, 1.54) is 0 Å². The Morgan fingerprint density at radius 3 is 3.18 bits per heavy atom. The van der Waals surface area contributed by atoms with Crippen molar-refractivity contribution in [3.63, 3.8) is 0 Å². The number of benzene rings is 1. The smallest absolute Gasteiger partial charge is 0.251 e. The molecule has 1 aromatic carbocycles. The van der Waals surface area contributed by atoms with E-state index in [1.54, 1.807) is 13.2 Å². The number of hydrogen-bond donors (Lipinski definition) is 1. The van der Waals surface area contributed by atoms with Crippen molar-refractivity contribution in [2.24, 2.45) is 0 Å². The Labute approximate surface area is 101 Å². The summed E-state index contributed by atoms with van der Waals surface area (Å²) in [6.07, 6.45) is 0.879. The van der Waals surface area contributed by atoms with Gasteiger partial charge in [-0.1, -0.05) is 0 Å². The highest BCUT2D eigenvalue weighted by Gasteiger charge is 2.15. The van der Waals surface area contributed by atoms with Crippen LogP contribution >= 0.6 is 0 Å². The van der Waals surface area contributed by atoms with Gasteiger partial charge in [0.1, 0.15) is 5.75 Å². The van der Waals surface area contributed by atoms with Gasteiger partial charge in [-0.2, -0.15) is 0 Å². The molecule has 1 atom stereocenters. The summed E-state index contributed by atoms with van der Waals surface area (Å²) in [6.45, 7) is 3.14. The van der Waals surface area contributed by atoms with Crippen molar-refractivity contribution in [1.82, 2.24) is 5.32 Å². The number of carbonyl (C=O) groups excluding carboxylic acids is 1. The van der Waals surface area contributed by atoms with Gasteiger partial charge in [0, 0.05) is 25.1 Å². The lowest BCUT2D eigenvalue weighted by Gasteiger charge is -2.13. The quantitative estimate of drug-likeness (QED) is 0.857. The highest BCUT2D eigenvalue weighted by atomic mass is 16.5. The monoisotopic (exact) mass is 235 g/mol. The Kier molecular flexibility index (Phi) is 3.64. The van der Waals surface area contributed by atoms with E-state index in [9.17, 15) is 4.79 Å². The van der Waals surface area contributed by atoms with Crippen molar-refractivity contribution in [3.05, 3.63) is 29.3 Å². The normalized spacial score (nSPS) is 14.9. The fraction of sp³-hybridized carbons (Fsp3) is 0.462. The molecular weight excluding hydrogens is 218 g/mol. The molecular formula is C13H17NO3. The van der Waals surface area contributed by atoms with Crippen molar-refractivity contribution in [3.8, 4) is 5.75 Å². The maximum atomic E-state index is 11.9. The summed E-state index contributed by atoms with van der Waals surface area (Å²) in [7, 11) is 1.62. The molecule has 2 rings (SSSR count). The van der Waals surface area contributed by atoms with E-state index in [4.69, 9.17) is 9.47 Å². The Balaban J connectivity index is 2.04. The van der Waals surface area contributed by atoms with Gasteiger partial charge in [0.15, 0.2) is 0 Å². The fourth-order valence-corrected chi connectivity index (χ4v) is 1.93. The molecule has 4 heteroatoms. The van der Waals surface area contributed by atoms with Crippen LogP contribution in [0, 0.1) is 0 Å². The number of rotatable bonds is 4. The number of methoxy groups -OCH3 is 1. The van der Waals surface area contributed by atoms with Crippen molar-refractivity contribution in [1.29, 1.82) is 0 Å². The molecule has 1 N–H and O–H groups in total. The van der Waals surface area contributed by atoms with Crippen molar-refractivity contribution in [2.75, 3.05) is 20.3 Å². The summed E-state index contributed by atoms with van der Waals surface area (Å²) in [4.78, 5) is 11.9. The molecule has 0 spiro atoms. The molecule has 4 nitrogen and oxygen atoms in total. The second-order valence-corrected chi connectivity index (χ2v) is 4.25. The minimum atomic E-state index is -0.0655. The number of amides is 1. The second-order valence-electron chi connectivity index (χ2n) is 4.25. The summed E-state index contributed by atoms with van der Waals surface area (Å²) in [5.41, 5.74) is 1.79.